The molecule has 1 fully saturated rings. The Bertz CT molecular complexity index is 1380. The number of Topliss-reactive ketones (excluding diaryl/α,β-unsaturated/α-hetero) is 2. The van der Waals surface area contributed by atoms with Gasteiger partial charge in [0.2, 0.25) is 11.6 Å². The first-order chi connectivity index (χ1) is 17.0. The molecule has 4 aromatic rings. The van der Waals surface area contributed by atoms with Crippen molar-refractivity contribution < 1.29 is 23.5 Å². The number of carbonyl (C=O) groups excluding carboxylic acids is 3. The van der Waals surface area contributed by atoms with Gasteiger partial charge in [-0.3, -0.25) is 19.4 Å². The van der Waals surface area contributed by atoms with Gasteiger partial charge in [-0.2, -0.15) is 0 Å². The second-order valence-corrected chi connectivity index (χ2v) is 8.34. The number of benzene rings is 2. The molecule has 2 unspecified atom stereocenters. The summed E-state index contributed by atoms with van der Waals surface area (Å²) in [4.78, 5) is 45.3. The average Bonchev–Trinajstić information content (AvgIpc) is 3.42. The largest absolute Gasteiger partial charge is 0.458 e. The van der Waals surface area contributed by atoms with Gasteiger partial charge in [0, 0.05) is 18.9 Å². The highest BCUT2D eigenvalue weighted by Crippen LogP contribution is 2.40. The minimum atomic E-state index is -1.24. The van der Waals surface area contributed by atoms with E-state index in [0.29, 0.717) is 22.8 Å². The average molecular weight is 466 g/mol. The van der Waals surface area contributed by atoms with Crippen molar-refractivity contribution >= 4 is 17.5 Å². The van der Waals surface area contributed by atoms with Crippen LogP contribution in [-0.2, 0) is 16.1 Å². The van der Waals surface area contributed by atoms with Gasteiger partial charge >= 0.3 is 0 Å². The van der Waals surface area contributed by atoms with Crippen LogP contribution in [0.1, 0.15) is 33.5 Å². The molecule has 0 spiro atoms. The fourth-order valence-corrected chi connectivity index (χ4v) is 4.32. The number of carbonyl (C=O) groups is 3. The number of para-hydroxylation sites is 1. The van der Waals surface area contributed by atoms with Crippen LogP contribution in [0.15, 0.2) is 95.7 Å². The summed E-state index contributed by atoms with van der Waals surface area (Å²) in [5, 5.41) is 0. The molecule has 2 aromatic heterocycles. The Labute approximate surface area is 202 Å². The highest BCUT2D eigenvalue weighted by Gasteiger charge is 2.52. The number of aryl methyl sites for hydroxylation is 1. The standard InChI is InChI=1S/C28H22N2O5/c1-18-12-13-23(34-18)26(31)24-25(30(28(33)27(24)32)17-19-7-6-14-29-16-19)20-8-5-11-22(15-20)35-21-9-3-2-4-10-21/h2-16,24-25H,17H2,1H3. The number of likely N-dealkylation sites (tertiary alicyclic amines) is 1. The fraction of sp³-hybridized carbons (Fsp3) is 0.143. The third kappa shape index (κ3) is 4.48. The molecule has 0 saturated carbocycles. The van der Waals surface area contributed by atoms with Crippen LogP contribution in [0.4, 0.5) is 0 Å². The Morgan fingerprint density at radius 3 is 2.49 bits per heavy atom. The van der Waals surface area contributed by atoms with Gasteiger partial charge in [0.25, 0.3) is 5.91 Å². The molecule has 174 valence electrons. The number of pyridine rings is 1. The first-order valence-electron chi connectivity index (χ1n) is 11.2. The van der Waals surface area contributed by atoms with E-state index in [2.05, 4.69) is 4.98 Å². The summed E-state index contributed by atoms with van der Waals surface area (Å²) >= 11 is 0. The molecular formula is C28H22N2O5. The van der Waals surface area contributed by atoms with Crippen molar-refractivity contribution in [3.05, 3.63) is 114 Å². The van der Waals surface area contributed by atoms with E-state index in [1.165, 1.54) is 11.0 Å². The third-order valence-electron chi connectivity index (χ3n) is 5.93. The van der Waals surface area contributed by atoms with E-state index in [1.807, 2.05) is 36.4 Å². The maximum Gasteiger partial charge on any atom is 0.291 e. The molecule has 1 amide bonds. The van der Waals surface area contributed by atoms with Crippen LogP contribution < -0.4 is 4.74 Å². The number of amides is 1. The summed E-state index contributed by atoms with van der Waals surface area (Å²) in [5.41, 5.74) is 1.36. The zero-order valence-electron chi connectivity index (χ0n) is 19.0. The van der Waals surface area contributed by atoms with Gasteiger partial charge in [-0.15, -0.1) is 0 Å². The molecule has 0 radical (unpaired) electrons. The molecule has 35 heavy (non-hydrogen) atoms. The maximum atomic E-state index is 13.4. The number of aromatic nitrogens is 1. The van der Waals surface area contributed by atoms with Crippen LogP contribution in [0.2, 0.25) is 0 Å². The second-order valence-electron chi connectivity index (χ2n) is 8.34. The lowest BCUT2D eigenvalue weighted by Gasteiger charge is -2.27. The molecule has 1 aliphatic heterocycles. The van der Waals surface area contributed by atoms with E-state index >= 15 is 0 Å². The van der Waals surface area contributed by atoms with Crippen molar-refractivity contribution in [2.24, 2.45) is 5.92 Å². The predicted molar refractivity (Wildman–Crippen MR) is 127 cm³/mol. The summed E-state index contributed by atoms with van der Waals surface area (Å²) < 4.78 is 11.5. The monoisotopic (exact) mass is 466 g/mol. The van der Waals surface area contributed by atoms with Crippen molar-refractivity contribution in [1.29, 1.82) is 0 Å². The highest BCUT2D eigenvalue weighted by atomic mass is 16.5. The van der Waals surface area contributed by atoms with Crippen LogP contribution in [0, 0.1) is 12.8 Å². The van der Waals surface area contributed by atoms with E-state index in [9.17, 15) is 14.4 Å². The fourth-order valence-electron chi connectivity index (χ4n) is 4.32. The molecule has 2 aromatic carbocycles. The Morgan fingerprint density at radius 2 is 1.77 bits per heavy atom. The number of hydrogen-bond donors (Lipinski definition) is 0. The minimum absolute atomic E-state index is 0.0542. The van der Waals surface area contributed by atoms with Gasteiger partial charge in [-0.05, 0) is 60.5 Å². The molecule has 0 aliphatic carbocycles. The zero-order valence-corrected chi connectivity index (χ0v) is 19.0. The van der Waals surface area contributed by atoms with Gasteiger partial charge in [0.1, 0.15) is 23.2 Å². The highest BCUT2D eigenvalue weighted by molar-refractivity contribution is 6.43. The molecule has 7 heteroatoms. The molecule has 0 N–H and O–H groups in total. The lowest BCUT2D eigenvalue weighted by Crippen LogP contribution is -2.30. The van der Waals surface area contributed by atoms with Crippen molar-refractivity contribution in [2.45, 2.75) is 19.5 Å². The topological polar surface area (TPSA) is 89.7 Å². The lowest BCUT2D eigenvalue weighted by atomic mass is 9.88. The Balaban J connectivity index is 1.55. The third-order valence-corrected chi connectivity index (χ3v) is 5.93. The number of ketones is 2. The van der Waals surface area contributed by atoms with Crippen molar-refractivity contribution in [3.63, 3.8) is 0 Å². The summed E-state index contributed by atoms with van der Waals surface area (Å²) in [6.45, 7) is 1.85. The van der Waals surface area contributed by atoms with Gasteiger partial charge in [0.15, 0.2) is 5.76 Å². The van der Waals surface area contributed by atoms with Gasteiger partial charge < -0.3 is 14.1 Å². The molecule has 5 rings (SSSR count). The van der Waals surface area contributed by atoms with Gasteiger partial charge in [0.05, 0.1) is 6.04 Å². The van der Waals surface area contributed by atoms with Crippen LogP contribution in [0.3, 0.4) is 0 Å². The van der Waals surface area contributed by atoms with E-state index in [1.54, 1.807) is 55.7 Å². The van der Waals surface area contributed by atoms with Crippen LogP contribution in [0.5, 0.6) is 11.5 Å². The molecule has 3 heterocycles. The minimum Gasteiger partial charge on any atom is -0.458 e. The van der Waals surface area contributed by atoms with E-state index in [-0.39, 0.29) is 12.3 Å². The zero-order chi connectivity index (χ0) is 24.4. The number of furan rings is 1. The summed E-state index contributed by atoms with van der Waals surface area (Å²) in [5.74, 6) is -1.45. The Hall–Kier alpha value is -4.52. The number of ether oxygens (including phenoxy) is 1. The maximum absolute atomic E-state index is 13.4. The first-order valence-corrected chi connectivity index (χ1v) is 11.2. The lowest BCUT2D eigenvalue weighted by molar-refractivity contribution is -0.141. The normalized spacial score (nSPS) is 17.6. The number of rotatable bonds is 7. The summed E-state index contributed by atoms with van der Waals surface area (Å²) in [7, 11) is 0. The Kier molecular flexibility index (Phi) is 5.97. The molecular weight excluding hydrogens is 444 g/mol. The Morgan fingerprint density at radius 1 is 0.971 bits per heavy atom. The van der Waals surface area contributed by atoms with Crippen LogP contribution in [0.25, 0.3) is 0 Å². The number of nitrogens with zero attached hydrogens (tertiary/aromatic N) is 2. The molecule has 0 bridgehead atoms. The smallest absolute Gasteiger partial charge is 0.291 e. The molecule has 1 aliphatic rings. The van der Waals surface area contributed by atoms with E-state index in [0.717, 1.165) is 5.56 Å². The molecule has 7 nitrogen and oxygen atoms in total. The van der Waals surface area contributed by atoms with Gasteiger partial charge in [-0.1, -0.05) is 36.4 Å². The quantitative estimate of drug-likeness (QED) is 0.218. The SMILES string of the molecule is Cc1ccc(C(=O)C2C(=O)C(=O)N(Cc3cccnc3)C2c2cccc(Oc3ccccc3)c2)o1. The number of hydrogen-bond acceptors (Lipinski definition) is 6. The van der Waals surface area contributed by atoms with Crippen LogP contribution in [-0.4, -0.2) is 27.4 Å². The second kappa shape index (κ2) is 9.38. The van der Waals surface area contributed by atoms with Crippen LogP contribution >= 0.6 is 0 Å². The molecule has 2 atom stereocenters. The molecule has 1 saturated heterocycles. The van der Waals surface area contributed by atoms with Crippen molar-refractivity contribution in [1.82, 2.24) is 9.88 Å². The summed E-state index contributed by atoms with van der Waals surface area (Å²) in [6, 6.07) is 22.3. The van der Waals surface area contributed by atoms with Gasteiger partial charge in [-0.25, -0.2) is 0 Å². The predicted octanol–water partition coefficient (Wildman–Crippen LogP) is 4.93. The van der Waals surface area contributed by atoms with E-state index in [4.69, 9.17) is 9.15 Å². The van der Waals surface area contributed by atoms with Crippen molar-refractivity contribution in [3.8, 4) is 11.5 Å². The first kappa shape index (κ1) is 22.3. The van der Waals surface area contributed by atoms with E-state index < -0.39 is 29.4 Å². The van der Waals surface area contributed by atoms with Crippen molar-refractivity contribution in [2.75, 3.05) is 0 Å². The summed E-state index contributed by atoms with van der Waals surface area (Å²) in [6.07, 6.45) is 3.27.